The molecule has 0 unspecified atom stereocenters. The van der Waals surface area contributed by atoms with Gasteiger partial charge in [-0.3, -0.25) is 9.78 Å². The monoisotopic (exact) mass is 323 g/mol. The smallest absolute Gasteiger partial charge is 0.255 e. The Morgan fingerprint density at radius 2 is 1.74 bits per heavy atom. The maximum Gasteiger partial charge on any atom is 0.255 e. The minimum Gasteiger partial charge on any atom is -0.322 e. The molecule has 0 radical (unpaired) electrons. The van der Waals surface area contributed by atoms with Gasteiger partial charge in [-0.05, 0) is 48.9 Å². The van der Waals surface area contributed by atoms with Crippen LogP contribution in [0.4, 0.5) is 5.69 Å². The molecule has 3 rings (SSSR count). The van der Waals surface area contributed by atoms with Crippen LogP contribution in [0.2, 0.25) is 5.15 Å². The number of benzene rings is 1. The lowest BCUT2D eigenvalue weighted by molar-refractivity contribution is 0.102. The van der Waals surface area contributed by atoms with E-state index in [1.165, 1.54) is 0 Å². The van der Waals surface area contributed by atoms with E-state index < -0.39 is 0 Å². The summed E-state index contributed by atoms with van der Waals surface area (Å²) in [5.41, 5.74) is 4.18. The molecule has 5 heteroatoms. The van der Waals surface area contributed by atoms with E-state index in [0.29, 0.717) is 16.4 Å². The molecule has 0 aliphatic rings. The molecule has 2 aromatic heterocycles. The summed E-state index contributed by atoms with van der Waals surface area (Å²) in [6, 6.07) is 14.6. The van der Waals surface area contributed by atoms with Gasteiger partial charge >= 0.3 is 0 Å². The van der Waals surface area contributed by atoms with Crippen LogP contribution in [0.5, 0.6) is 0 Å². The van der Waals surface area contributed by atoms with Crippen molar-refractivity contribution in [2.45, 2.75) is 6.92 Å². The Hall–Kier alpha value is -2.72. The van der Waals surface area contributed by atoms with E-state index in [9.17, 15) is 4.79 Å². The van der Waals surface area contributed by atoms with Crippen LogP contribution < -0.4 is 5.32 Å². The predicted octanol–water partition coefficient (Wildman–Crippen LogP) is 4.36. The summed E-state index contributed by atoms with van der Waals surface area (Å²) in [7, 11) is 0. The molecule has 1 amide bonds. The molecule has 1 aromatic carbocycles. The largest absolute Gasteiger partial charge is 0.322 e. The predicted molar refractivity (Wildman–Crippen MR) is 91.6 cm³/mol. The van der Waals surface area contributed by atoms with Gasteiger partial charge in [0.05, 0.1) is 5.69 Å². The van der Waals surface area contributed by atoms with Gasteiger partial charge in [-0.15, -0.1) is 0 Å². The first-order valence-electron chi connectivity index (χ1n) is 7.08. The number of nitrogens with one attached hydrogen (secondary N) is 1. The fraction of sp³-hybridized carbons (Fsp3) is 0.0556. The molecule has 3 aromatic rings. The van der Waals surface area contributed by atoms with E-state index in [1.54, 1.807) is 36.7 Å². The van der Waals surface area contributed by atoms with Crippen molar-refractivity contribution in [3.05, 3.63) is 77.2 Å². The molecule has 0 aliphatic carbocycles. The summed E-state index contributed by atoms with van der Waals surface area (Å²) in [6.07, 6.45) is 3.32. The molecule has 0 atom stereocenters. The summed E-state index contributed by atoms with van der Waals surface area (Å²) >= 11 is 5.81. The normalized spacial score (nSPS) is 10.3. The Bertz CT molecular complexity index is 847. The third-order valence-corrected chi connectivity index (χ3v) is 3.55. The molecule has 23 heavy (non-hydrogen) atoms. The standard InChI is InChI=1S/C18H14ClN3O/c1-12-6-8-20-16(10-12)13-2-4-14(5-3-13)18(23)22-15-7-9-21-17(19)11-15/h2-11H,1H3,(H,21,22,23). The SMILES string of the molecule is Cc1ccnc(-c2ccc(C(=O)Nc3ccnc(Cl)c3)cc2)c1. The van der Waals surface area contributed by atoms with E-state index >= 15 is 0 Å². The van der Waals surface area contributed by atoms with Gasteiger partial charge in [0.15, 0.2) is 0 Å². The van der Waals surface area contributed by atoms with Gasteiger partial charge in [0, 0.05) is 29.2 Å². The quantitative estimate of drug-likeness (QED) is 0.729. The minimum absolute atomic E-state index is 0.198. The maximum atomic E-state index is 12.2. The highest BCUT2D eigenvalue weighted by molar-refractivity contribution is 6.29. The fourth-order valence-electron chi connectivity index (χ4n) is 2.17. The molecule has 0 aliphatic heterocycles. The van der Waals surface area contributed by atoms with E-state index in [-0.39, 0.29) is 5.91 Å². The summed E-state index contributed by atoms with van der Waals surface area (Å²) in [5.74, 6) is -0.198. The van der Waals surface area contributed by atoms with Crippen LogP contribution in [0, 0.1) is 6.92 Å². The maximum absolute atomic E-state index is 12.2. The number of nitrogens with zero attached hydrogens (tertiary/aromatic N) is 2. The molecule has 0 spiro atoms. The second-order valence-corrected chi connectivity index (χ2v) is 5.50. The molecule has 4 nitrogen and oxygen atoms in total. The zero-order chi connectivity index (χ0) is 16.2. The number of hydrogen-bond donors (Lipinski definition) is 1. The second kappa shape index (κ2) is 6.58. The van der Waals surface area contributed by atoms with Crippen LogP contribution in [0.25, 0.3) is 11.3 Å². The zero-order valence-corrected chi connectivity index (χ0v) is 13.2. The second-order valence-electron chi connectivity index (χ2n) is 5.12. The number of aryl methyl sites for hydroxylation is 1. The third-order valence-electron chi connectivity index (χ3n) is 3.34. The molecule has 0 saturated carbocycles. The van der Waals surface area contributed by atoms with Crippen molar-refractivity contribution >= 4 is 23.2 Å². The van der Waals surface area contributed by atoms with Gasteiger partial charge in [-0.2, -0.15) is 0 Å². The van der Waals surface area contributed by atoms with Crippen molar-refractivity contribution < 1.29 is 4.79 Å². The number of pyridine rings is 2. The van der Waals surface area contributed by atoms with Crippen LogP contribution in [-0.4, -0.2) is 15.9 Å². The van der Waals surface area contributed by atoms with Crippen LogP contribution in [0.1, 0.15) is 15.9 Å². The average molecular weight is 324 g/mol. The van der Waals surface area contributed by atoms with Crippen molar-refractivity contribution in [2.24, 2.45) is 0 Å². The van der Waals surface area contributed by atoms with Crippen LogP contribution in [-0.2, 0) is 0 Å². The molecule has 2 heterocycles. The number of rotatable bonds is 3. The number of aromatic nitrogens is 2. The van der Waals surface area contributed by atoms with E-state index in [0.717, 1.165) is 16.8 Å². The number of halogens is 1. The highest BCUT2D eigenvalue weighted by atomic mass is 35.5. The molecule has 1 N–H and O–H groups in total. The van der Waals surface area contributed by atoms with Gasteiger partial charge in [0.2, 0.25) is 0 Å². The van der Waals surface area contributed by atoms with Gasteiger partial charge < -0.3 is 5.32 Å². The molecular weight excluding hydrogens is 310 g/mol. The summed E-state index contributed by atoms with van der Waals surface area (Å²) in [6.45, 7) is 2.02. The van der Waals surface area contributed by atoms with Crippen LogP contribution in [0.3, 0.4) is 0 Å². The highest BCUT2D eigenvalue weighted by Crippen LogP contribution is 2.19. The molecule has 0 saturated heterocycles. The van der Waals surface area contributed by atoms with Gasteiger partial charge in [-0.25, -0.2) is 4.98 Å². The Morgan fingerprint density at radius 3 is 2.43 bits per heavy atom. The van der Waals surface area contributed by atoms with E-state index in [4.69, 9.17) is 11.6 Å². The van der Waals surface area contributed by atoms with Crippen LogP contribution >= 0.6 is 11.6 Å². The van der Waals surface area contributed by atoms with Crippen LogP contribution in [0.15, 0.2) is 60.9 Å². The Kier molecular flexibility index (Phi) is 4.35. The summed E-state index contributed by atoms with van der Waals surface area (Å²) in [4.78, 5) is 20.5. The lowest BCUT2D eigenvalue weighted by atomic mass is 10.1. The van der Waals surface area contributed by atoms with E-state index in [2.05, 4.69) is 15.3 Å². The Labute approximate surface area is 139 Å². The summed E-state index contributed by atoms with van der Waals surface area (Å²) < 4.78 is 0. The highest BCUT2D eigenvalue weighted by Gasteiger charge is 2.07. The number of carbonyl (C=O) groups is 1. The minimum atomic E-state index is -0.198. The lowest BCUT2D eigenvalue weighted by Gasteiger charge is -2.07. The molecular formula is C18H14ClN3O. The molecule has 114 valence electrons. The Balaban J connectivity index is 1.78. The van der Waals surface area contributed by atoms with Crippen molar-refractivity contribution in [1.29, 1.82) is 0 Å². The number of carbonyl (C=O) groups excluding carboxylic acids is 1. The lowest BCUT2D eigenvalue weighted by Crippen LogP contribution is -2.11. The first-order chi connectivity index (χ1) is 11.1. The first-order valence-corrected chi connectivity index (χ1v) is 7.45. The first kappa shape index (κ1) is 15.2. The van der Waals surface area contributed by atoms with Crippen molar-refractivity contribution in [1.82, 2.24) is 9.97 Å². The number of hydrogen-bond acceptors (Lipinski definition) is 3. The number of anilines is 1. The third kappa shape index (κ3) is 3.73. The van der Waals surface area contributed by atoms with Crippen molar-refractivity contribution in [3.8, 4) is 11.3 Å². The van der Waals surface area contributed by atoms with Gasteiger partial charge in [-0.1, -0.05) is 23.7 Å². The molecule has 0 bridgehead atoms. The molecule has 0 fully saturated rings. The number of amides is 1. The average Bonchev–Trinajstić information content (AvgIpc) is 2.55. The van der Waals surface area contributed by atoms with Gasteiger partial charge in [0.25, 0.3) is 5.91 Å². The zero-order valence-electron chi connectivity index (χ0n) is 12.5. The fourth-order valence-corrected chi connectivity index (χ4v) is 2.34. The van der Waals surface area contributed by atoms with Gasteiger partial charge in [0.1, 0.15) is 5.15 Å². The van der Waals surface area contributed by atoms with Crippen molar-refractivity contribution in [2.75, 3.05) is 5.32 Å². The topological polar surface area (TPSA) is 54.9 Å². The Morgan fingerprint density at radius 1 is 1.00 bits per heavy atom. The van der Waals surface area contributed by atoms with Crippen molar-refractivity contribution in [3.63, 3.8) is 0 Å². The van der Waals surface area contributed by atoms with E-state index in [1.807, 2.05) is 31.2 Å². The summed E-state index contributed by atoms with van der Waals surface area (Å²) in [5, 5.41) is 3.13.